The van der Waals surface area contributed by atoms with Gasteiger partial charge >= 0.3 is 5.97 Å². The molecule has 3 aromatic carbocycles. The minimum Gasteiger partial charge on any atom is -0.493 e. The fourth-order valence-electron chi connectivity index (χ4n) is 3.63. The van der Waals surface area contributed by atoms with Crippen molar-refractivity contribution in [3.63, 3.8) is 0 Å². The van der Waals surface area contributed by atoms with Crippen molar-refractivity contribution in [1.29, 1.82) is 5.26 Å². The SMILES string of the molecule is CCCOc1ccccc1C(=O)Oc1ccc2c(c1)OC(N)=C(C#N)C2c1ccc(Cl)cc1. The number of hydrogen-bond donors (Lipinski definition) is 1. The van der Waals surface area contributed by atoms with Gasteiger partial charge in [-0.15, -0.1) is 0 Å². The Kier molecular flexibility index (Phi) is 6.53. The number of fused-ring (bicyclic) bond motifs is 1. The largest absolute Gasteiger partial charge is 0.493 e. The molecule has 0 spiro atoms. The summed E-state index contributed by atoms with van der Waals surface area (Å²) in [5, 5.41) is 10.3. The summed E-state index contributed by atoms with van der Waals surface area (Å²) in [6.45, 7) is 2.49. The number of carbonyl (C=O) groups is 1. The van der Waals surface area contributed by atoms with Gasteiger partial charge in [-0.05, 0) is 42.3 Å². The van der Waals surface area contributed by atoms with Gasteiger partial charge in [-0.25, -0.2) is 4.79 Å². The highest BCUT2D eigenvalue weighted by Crippen LogP contribution is 2.43. The zero-order chi connectivity index (χ0) is 23.4. The summed E-state index contributed by atoms with van der Waals surface area (Å²) in [6.07, 6.45) is 0.819. The second kappa shape index (κ2) is 9.68. The van der Waals surface area contributed by atoms with E-state index in [0.29, 0.717) is 34.3 Å². The molecule has 0 saturated heterocycles. The Morgan fingerprint density at radius 2 is 1.91 bits per heavy atom. The number of hydrogen-bond acceptors (Lipinski definition) is 6. The Labute approximate surface area is 196 Å². The van der Waals surface area contributed by atoms with Crippen molar-refractivity contribution < 1.29 is 19.0 Å². The molecule has 0 fully saturated rings. The van der Waals surface area contributed by atoms with Crippen molar-refractivity contribution in [3.05, 3.63) is 99.9 Å². The van der Waals surface area contributed by atoms with Crippen molar-refractivity contribution in [2.75, 3.05) is 6.61 Å². The number of carbonyl (C=O) groups excluding carboxylic acids is 1. The van der Waals surface area contributed by atoms with Crippen molar-refractivity contribution in [2.45, 2.75) is 19.3 Å². The molecule has 0 aromatic heterocycles. The van der Waals surface area contributed by atoms with Crippen LogP contribution in [0.2, 0.25) is 5.02 Å². The smallest absolute Gasteiger partial charge is 0.347 e. The predicted octanol–water partition coefficient (Wildman–Crippen LogP) is 5.57. The molecule has 33 heavy (non-hydrogen) atoms. The molecule has 1 aliphatic rings. The molecule has 6 nitrogen and oxygen atoms in total. The van der Waals surface area contributed by atoms with Crippen LogP contribution in [0.1, 0.15) is 40.7 Å². The van der Waals surface area contributed by atoms with Gasteiger partial charge in [0, 0.05) is 16.7 Å². The van der Waals surface area contributed by atoms with Crippen LogP contribution in [0.4, 0.5) is 0 Å². The van der Waals surface area contributed by atoms with Gasteiger partial charge in [-0.2, -0.15) is 5.26 Å². The van der Waals surface area contributed by atoms with Crippen molar-refractivity contribution in [3.8, 4) is 23.3 Å². The van der Waals surface area contributed by atoms with Crippen LogP contribution in [0.3, 0.4) is 0 Å². The first kappa shape index (κ1) is 22.3. The third-order valence-electron chi connectivity index (χ3n) is 5.17. The molecule has 0 radical (unpaired) electrons. The number of ether oxygens (including phenoxy) is 3. The third kappa shape index (κ3) is 4.64. The molecule has 1 unspecified atom stereocenters. The molecular formula is C26H21ClN2O4. The minimum absolute atomic E-state index is 0.00624. The fourth-order valence-corrected chi connectivity index (χ4v) is 3.76. The van der Waals surface area contributed by atoms with E-state index in [9.17, 15) is 10.1 Å². The lowest BCUT2D eigenvalue weighted by atomic mass is 9.83. The highest BCUT2D eigenvalue weighted by molar-refractivity contribution is 6.30. The summed E-state index contributed by atoms with van der Waals surface area (Å²) < 4.78 is 17.0. The van der Waals surface area contributed by atoms with E-state index in [4.69, 9.17) is 31.5 Å². The first-order valence-electron chi connectivity index (χ1n) is 10.4. The lowest BCUT2D eigenvalue weighted by Gasteiger charge is -2.26. The highest BCUT2D eigenvalue weighted by Gasteiger charge is 2.31. The summed E-state index contributed by atoms with van der Waals surface area (Å²) in [4.78, 5) is 12.8. The van der Waals surface area contributed by atoms with E-state index < -0.39 is 11.9 Å². The number of rotatable bonds is 6. The van der Waals surface area contributed by atoms with Crippen molar-refractivity contribution >= 4 is 17.6 Å². The van der Waals surface area contributed by atoms with Gasteiger partial charge in [-0.3, -0.25) is 0 Å². The molecule has 3 aromatic rings. The summed E-state index contributed by atoms with van der Waals surface area (Å²) in [7, 11) is 0. The maximum atomic E-state index is 12.8. The molecular weight excluding hydrogens is 440 g/mol. The summed E-state index contributed by atoms with van der Waals surface area (Å²) in [5.74, 6) is 0.190. The number of para-hydroxylation sites is 1. The van der Waals surface area contributed by atoms with Crippen LogP contribution >= 0.6 is 11.6 Å². The molecule has 0 bridgehead atoms. The van der Waals surface area contributed by atoms with E-state index >= 15 is 0 Å². The number of nitrogens with two attached hydrogens (primary N) is 1. The molecule has 0 aliphatic carbocycles. The second-order valence-electron chi connectivity index (χ2n) is 7.41. The van der Waals surface area contributed by atoms with E-state index in [1.54, 1.807) is 54.6 Å². The number of esters is 1. The van der Waals surface area contributed by atoms with Crippen molar-refractivity contribution in [1.82, 2.24) is 0 Å². The average molecular weight is 461 g/mol. The Morgan fingerprint density at radius 1 is 1.15 bits per heavy atom. The monoisotopic (exact) mass is 460 g/mol. The molecule has 0 amide bonds. The van der Waals surface area contributed by atoms with Crippen molar-refractivity contribution in [2.24, 2.45) is 5.73 Å². The van der Waals surface area contributed by atoms with Gasteiger partial charge in [0.05, 0.1) is 12.5 Å². The molecule has 166 valence electrons. The van der Waals surface area contributed by atoms with Gasteiger partial charge < -0.3 is 19.9 Å². The predicted molar refractivity (Wildman–Crippen MR) is 124 cm³/mol. The fraction of sp³-hybridized carbons (Fsp3) is 0.154. The molecule has 7 heteroatoms. The zero-order valence-electron chi connectivity index (χ0n) is 17.9. The third-order valence-corrected chi connectivity index (χ3v) is 5.43. The quantitative estimate of drug-likeness (QED) is 0.382. The van der Waals surface area contributed by atoms with Crippen LogP contribution in [0.25, 0.3) is 0 Å². The number of halogens is 1. The normalized spacial score (nSPS) is 14.6. The summed E-state index contributed by atoms with van der Waals surface area (Å²) in [6, 6.07) is 21.3. The van der Waals surface area contributed by atoms with Crippen LogP contribution in [-0.2, 0) is 0 Å². The average Bonchev–Trinajstić information content (AvgIpc) is 2.82. The highest BCUT2D eigenvalue weighted by atomic mass is 35.5. The van der Waals surface area contributed by atoms with E-state index in [1.807, 2.05) is 19.1 Å². The lowest BCUT2D eigenvalue weighted by Crippen LogP contribution is -2.21. The molecule has 1 atom stereocenters. The number of allylic oxidation sites excluding steroid dienone is 1. The van der Waals surface area contributed by atoms with Crippen LogP contribution < -0.4 is 19.9 Å². The maximum absolute atomic E-state index is 12.8. The molecule has 1 aliphatic heterocycles. The van der Waals surface area contributed by atoms with Crippen LogP contribution in [-0.4, -0.2) is 12.6 Å². The zero-order valence-corrected chi connectivity index (χ0v) is 18.6. The second-order valence-corrected chi connectivity index (χ2v) is 7.85. The van der Waals surface area contributed by atoms with E-state index in [0.717, 1.165) is 17.5 Å². The van der Waals surface area contributed by atoms with Gasteiger partial charge in [0.15, 0.2) is 0 Å². The molecule has 1 heterocycles. The van der Waals surface area contributed by atoms with Crippen LogP contribution in [0.15, 0.2) is 78.2 Å². The topological polar surface area (TPSA) is 94.6 Å². The van der Waals surface area contributed by atoms with Gasteiger partial charge in [0.25, 0.3) is 0 Å². The number of nitriles is 1. The Balaban J connectivity index is 1.65. The maximum Gasteiger partial charge on any atom is 0.347 e. The summed E-state index contributed by atoms with van der Waals surface area (Å²) in [5.41, 5.74) is 8.26. The Morgan fingerprint density at radius 3 is 2.64 bits per heavy atom. The lowest BCUT2D eigenvalue weighted by molar-refractivity contribution is 0.0730. The van der Waals surface area contributed by atoms with E-state index in [2.05, 4.69) is 6.07 Å². The van der Waals surface area contributed by atoms with E-state index in [-0.39, 0.29) is 11.6 Å². The Bertz CT molecular complexity index is 1260. The van der Waals surface area contributed by atoms with Crippen LogP contribution in [0, 0.1) is 11.3 Å². The summed E-state index contributed by atoms with van der Waals surface area (Å²) >= 11 is 6.02. The molecule has 4 rings (SSSR count). The first-order valence-corrected chi connectivity index (χ1v) is 10.8. The van der Waals surface area contributed by atoms with Gasteiger partial charge in [-0.1, -0.05) is 48.9 Å². The number of benzene rings is 3. The molecule has 0 saturated carbocycles. The molecule has 2 N–H and O–H groups in total. The Hall–Kier alpha value is -3.95. The first-order chi connectivity index (χ1) is 16.0. The number of nitrogens with zero attached hydrogens (tertiary/aromatic N) is 1. The van der Waals surface area contributed by atoms with Crippen LogP contribution in [0.5, 0.6) is 17.2 Å². The van der Waals surface area contributed by atoms with Gasteiger partial charge in [0.2, 0.25) is 5.88 Å². The standard InChI is InChI=1S/C26H21ClN2O4/c1-2-13-31-22-6-4-3-5-20(22)26(30)32-18-11-12-19-23(14-18)33-25(29)21(15-28)24(19)16-7-9-17(27)10-8-16/h3-12,14,24H,2,13,29H2,1H3. The van der Waals surface area contributed by atoms with E-state index in [1.165, 1.54) is 0 Å². The minimum atomic E-state index is -0.548. The van der Waals surface area contributed by atoms with Gasteiger partial charge in [0.1, 0.15) is 34.5 Å².